The van der Waals surface area contributed by atoms with E-state index in [9.17, 15) is 9.59 Å². The van der Waals surface area contributed by atoms with Crippen LogP contribution in [0.2, 0.25) is 0 Å². The number of nitrogens with one attached hydrogen (secondary N) is 2. The van der Waals surface area contributed by atoms with Gasteiger partial charge in [0.2, 0.25) is 0 Å². The quantitative estimate of drug-likeness (QED) is 0.462. The van der Waals surface area contributed by atoms with E-state index in [0.717, 1.165) is 16.9 Å². The number of aryl methyl sites for hydroxylation is 1. The Morgan fingerprint density at radius 2 is 1.83 bits per heavy atom. The summed E-state index contributed by atoms with van der Waals surface area (Å²) in [6, 6.07) is 13.8. The first-order valence-electron chi connectivity index (χ1n) is 11.6. The van der Waals surface area contributed by atoms with Crippen LogP contribution in [0.1, 0.15) is 53.6 Å². The third-order valence-electron chi connectivity index (χ3n) is 5.90. The fourth-order valence-corrected chi connectivity index (χ4v) is 4.17. The molecule has 1 aromatic heterocycles. The van der Waals surface area contributed by atoms with Crippen molar-refractivity contribution in [2.45, 2.75) is 38.8 Å². The van der Waals surface area contributed by atoms with Gasteiger partial charge >= 0.3 is 0 Å². The fraction of sp³-hybridized carbons (Fsp3) is 0.286. The highest BCUT2D eigenvalue weighted by Crippen LogP contribution is 2.40. The molecule has 2 N–H and O–H groups in total. The van der Waals surface area contributed by atoms with Gasteiger partial charge in [-0.15, -0.1) is 0 Å². The highest BCUT2D eigenvalue weighted by molar-refractivity contribution is 6.05. The van der Waals surface area contributed by atoms with Crippen LogP contribution >= 0.6 is 0 Å². The van der Waals surface area contributed by atoms with Crippen molar-refractivity contribution in [2.24, 2.45) is 0 Å². The van der Waals surface area contributed by atoms with Crippen molar-refractivity contribution in [3.63, 3.8) is 0 Å². The molecule has 0 saturated heterocycles. The number of fused-ring (bicyclic) bond motifs is 1. The van der Waals surface area contributed by atoms with Crippen molar-refractivity contribution >= 4 is 17.9 Å². The summed E-state index contributed by atoms with van der Waals surface area (Å²) in [4.78, 5) is 26.6. The Kier molecular flexibility index (Phi) is 7.05. The predicted octanol–water partition coefficient (Wildman–Crippen LogP) is 4.79. The second-order valence-corrected chi connectivity index (χ2v) is 9.23. The van der Waals surface area contributed by atoms with Gasteiger partial charge in [0.15, 0.2) is 11.5 Å². The zero-order valence-electron chi connectivity index (χ0n) is 21.0. The van der Waals surface area contributed by atoms with E-state index in [1.165, 1.54) is 26.6 Å². The van der Waals surface area contributed by atoms with E-state index in [2.05, 4.69) is 10.6 Å². The molecule has 3 aromatic rings. The first kappa shape index (κ1) is 24.9. The summed E-state index contributed by atoms with van der Waals surface area (Å²) in [7, 11) is 3.01. The van der Waals surface area contributed by atoms with Crippen LogP contribution in [0.4, 0.5) is 0 Å². The SMILES string of the molecule is COc1ccc(C(=O)N/C(=C\c2ccco2)C(=O)N[C@@H]2CC(C)(C)Oc3cc(C)ccc32)cc1OC. The number of hydrogen-bond donors (Lipinski definition) is 2. The van der Waals surface area contributed by atoms with Crippen molar-refractivity contribution in [3.8, 4) is 17.2 Å². The van der Waals surface area contributed by atoms with Crippen molar-refractivity contribution in [3.05, 3.63) is 82.9 Å². The minimum atomic E-state index is -0.480. The molecule has 0 fully saturated rings. The molecule has 36 heavy (non-hydrogen) atoms. The van der Waals surface area contributed by atoms with Crippen LogP contribution in [-0.2, 0) is 4.79 Å². The Hall–Kier alpha value is -4.20. The van der Waals surface area contributed by atoms with Crippen LogP contribution in [-0.4, -0.2) is 31.6 Å². The van der Waals surface area contributed by atoms with Crippen molar-refractivity contribution < 1.29 is 28.2 Å². The maximum Gasteiger partial charge on any atom is 0.268 e. The first-order valence-corrected chi connectivity index (χ1v) is 11.6. The third kappa shape index (κ3) is 5.54. The lowest BCUT2D eigenvalue weighted by Gasteiger charge is -2.38. The van der Waals surface area contributed by atoms with Crippen LogP contribution in [0.15, 0.2) is 64.9 Å². The smallest absolute Gasteiger partial charge is 0.268 e. The summed E-state index contributed by atoms with van der Waals surface area (Å²) in [5.74, 6) is 1.14. The van der Waals surface area contributed by atoms with E-state index in [4.69, 9.17) is 18.6 Å². The zero-order valence-corrected chi connectivity index (χ0v) is 21.0. The monoisotopic (exact) mass is 490 g/mol. The topological polar surface area (TPSA) is 99.0 Å². The molecule has 2 amide bonds. The molecule has 8 nitrogen and oxygen atoms in total. The Morgan fingerprint density at radius 1 is 1.06 bits per heavy atom. The molecule has 0 spiro atoms. The lowest BCUT2D eigenvalue weighted by atomic mass is 9.89. The summed E-state index contributed by atoms with van der Waals surface area (Å²) >= 11 is 0. The Balaban J connectivity index is 1.61. The average molecular weight is 491 g/mol. The third-order valence-corrected chi connectivity index (χ3v) is 5.90. The molecular weight excluding hydrogens is 460 g/mol. The van der Waals surface area contributed by atoms with Gasteiger partial charge in [-0.1, -0.05) is 12.1 Å². The van der Waals surface area contributed by atoms with Gasteiger partial charge < -0.3 is 29.3 Å². The highest BCUT2D eigenvalue weighted by atomic mass is 16.5. The van der Waals surface area contributed by atoms with Crippen molar-refractivity contribution in [1.82, 2.24) is 10.6 Å². The second-order valence-electron chi connectivity index (χ2n) is 9.23. The summed E-state index contributed by atoms with van der Waals surface area (Å²) in [6.07, 6.45) is 3.55. The summed E-state index contributed by atoms with van der Waals surface area (Å²) in [6.45, 7) is 5.96. The largest absolute Gasteiger partial charge is 0.493 e. The maximum absolute atomic E-state index is 13.5. The van der Waals surface area contributed by atoms with Gasteiger partial charge in [0.1, 0.15) is 22.8 Å². The van der Waals surface area contributed by atoms with Gasteiger partial charge in [-0.25, -0.2) is 0 Å². The average Bonchev–Trinajstić information content (AvgIpc) is 3.35. The van der Waals surface area contributed by atoms with Crippen LogP contribution < -0.4 is 24.8 Å². The Labute approximate surface area is 210 Å². The van der Waals surface area contributed by atoms with Gasteiger partial charge in [0.25, 0.3) is 11.8 Å². The molecule has 0 bridgehead atoms. The molecule has 1 atom stereocenters. The van der Waals surface area contributed by atoms with Crippen LogP contribution in [0.5, 0.6) is 17.2 Å². The van der Waals surface area contributed by atoms with Crippen molar-refractivity contribution in [2.75, 3.05) is 14.2 Å². The van der Waals surface area contributed by atoms with Gasteiger partial charge in [-0.2, -0.15) is 0 Å². The fourth-order valence-electron chi connectivity index (χ4n) is 4.17. The molecule has 1 aliphatic rings. The number of rotatable bonds is 7. The normalized spacial score (nSPS) is 16.4. The van der Waals surface area contributed by atoms with E-state index in [1.807, 2.05) is 39.0 Å². The van der Waals surface area contributed by atoms with E-state index < -0.39 is 17.4 Å². The van der Waals surface area contributed by atoms with E-state index in [0.29, 0.717) is 29.2 Å². The van der Waals surface area contributed by atoms with Gasteiger partial charge in [0.05, 0.1) is 26.5 Å². The molecule has 2 aromatic carbocycles. The lowest BCUT2D eigenvalue weighted by Crippen LogP contribution is -2.43. The molecule has 8 heteroatoms. The van der Waals surface area contributed by atoms with Crippen LogP contribution in [0, 0.1) is 6.92 Å². The summed E-state index contributed by atoms with van der Waals surface area (Å²) in [5.41, 5.74) is 1.82. The Morgan fingerprint density at radius 3 is 2.53 bits per heavy atom. The van der Waals surface area contributed by atoms with Crippen LogP contribution in [0.3, 0.4) is 0 Å². The highest BCUT2D eigenvalue weighted by Gasteiger charge is 2.35. The van der Waals surface area contributed by atoms with E-state index in [1.54, 1.807) is 30.3 Å². The van der Waals surface area contributed by atoms with E-state index >= 15 is 0 Å². The summed E-state index contributed by atoms with van der Waals surface area (Å²) in [5, 5.41) is 5.80. The summed E-state index contributed by atoms with van der Waals surface area (Å²) < 4.78 is 22.1. The molecule has 4 rings (SSSR count). The molecule has 0 saturated carbocycles. The first-order chi connectivity index (χ1) is 17.2. The molecule has 188 valence electrons. The van der Waals surface area contributed by atoms with Gasteiger partial charge in [-0.3, -0.25) is 9.59 Å². The lowest BCUT2D eigenvalue weighted by molar-refractivity contribution is -0.119. The maximum atomic E-state index is 13.5. The predicted molar refractivity (Wildman–Crippen MR) is 135 cm³/mol. The Bertz CT molecular complexity index is 1290. The molecular formula is C28H30N2O6. The van der Waals surface area contributed by atoms with E-state index in [-0.39, 0.29) is 11.7 Å². The van der Waals surface area contributed by atoms with Gasteiger partial charge in [0, 0.05) is 23.6 Å². The minimum Gasteiger partial charge on any atom is -0.493 e. The molecule has 0 aliphatic carbocycles. The molecule has 1 aliphatic heterocycles. The number of ether oxygens (including phenoxy) is 3. The van der Waals surface area contributed by atoms with Gasteiger partial charge in [-0.05, 0) is 62.7 Å². The number of carbonyl (C=O) groups excluding carboxylic acids is 2. The number of hydrogen-bond acceptors (Lipinski definition) is 6. The number of amides is 2. The number of methoxy groups -OCH3 is 2. The zero-order chi connectivity index (χ0) is 25.9. The van der Waals surface area contributed by atoms with Crippen molar-refractivity contribution in [1.29, 1.82) is 0 Å². The minimum absolute atomic E-state index is 0.0442. The molecule has 0 unspecified atom stereocenters. The molecule has 2 heterocycles. The number of carbonyl (C=O) groups is 2. The standard InChI is InChI=1S/C28H30N2O6/c1-17-8-10-20-22(16-28(2,3)36-24(20)13-17)30-27(32)21(15-19-7-6-12-35-19)29-26(31)18-9-11-23(33-4)25(14-18)34-5/h6-15,22H,16H2,1-5H3,(H,29,31)(H,30,32)/b21-15-/t22-/m1/s1. The van der Waals surface area contributed by atoms with Crippen LogP contribution in [0.25, 0.3) is 6.08 Å². The molecule has 0 radical (unpaired) electrons. The number of benzene rings is 2. The second kappa shape index (κ2) is 10.2. The number of furan rings is 1.